The molecule has 6 heteroatoms. The Hall–Kier alpha value is -1.82. The number of rotatable bonds is 8. The monoisotopic (exact) mass is 390 g/mol. The van der Waals surface area contributed by atoms with Crippen LogP contribution in [0.5, 0.6) is 0 Å². The van der Waals surface area contributed by atoms with E-state index < -0.39 is 16.1 Å². The van der Waals surface area contributed by atoms with E-state index in [2.05, 4.69) is 29.6 Å². The van der Waals surface area contributed by atoms with Crippen molar-refractivity contribution in [3.05, 3.63) is 40.5 Å². The van der Waals surface area contributed by atoms with Crippen LogP contribution in [-0.4, -0.2) is 20.2 Å². The number of carbonyl (C=O) groups is 1. The zero-order valence-electron chi connectivity index (χ0n) is 16.2. The minimum Gasteiger partial charge on any atom is -0.307 e. The molecule has 2 aliphatic carbocycles. The van der Waals surface area contributed by atoms with Gasteiger partial charge in [0, 0.05) is 5.69 Å². The summed E-state index contributed by atoms with van der Waals surface area (Å²) in [6.45, 7) is 5.95. The zero-order valence-corrected chi connectivity index (χ0v) is 17.0. The van der Waals surface area contributed by atoms with Crippen LogP contribution >= 0.6 is 0 Å². The highest BCUT2D eigenvalue weighted by Crippen LogP contribution is 2.38. The number of fused-ring (bicyclic) bond motifs is 2. The molecule has 1 aromatic rings. The molecule has 0 heterocycles. The van der Waals surface area contributed by atoms with Crippen LogP contribution in [0.2, 0.25) is 0 Å². The molecule has 27 heavy (non-hydrogen) atoms. The van der Waals surface area contributed by atoms with Gasteiger partial charge in [-0.1, -0.05) is 38.0 Å². The van der Waals surface area contributed by atoms with Crippen LogP contribution in [0.15, 0.2) is 18.2 Å². The van der Waals surface area contributed by atoms with Gasteiger partial charge in [0.15, 0.2) is 0 Å². The van der Waals surface area contributed by atoms with Crippen LogP contribution in [0.3, 0.4) is 0 Å². The number of carbonyl (C=O) groups excluding carboxylic acids is 1. The molecule has 148 valence electrons. The Labute approximate surface area is 162 Å². The number of aryl methyl sites for hydroxylation is 2. The number of nitrogens with one attached hydrogen (secondary N) is 2. The highest BCUT2D eigenvalue weighted by molar-refractivity contribution is 7.90. The first-order valence-corrected chi connectivity index (χ1v) is 11.7. The van der Waals surface area contributed by atoms with E-state index in [1.54, 1.807) is 0 Å². The molecule has 0 atom stereocenters. The van der Waals surface area contributed by atoms with Crippen molar-refractivity contribution in [3.8, 4) is 0 Å². The maximum Gasteiger partial charge on any atom is 0.332 e. The fourth-order valence-corrected chi connectivity index (χ4v) is 5.34. The summed E-state index contributed by atoms with van der Waals surface area (Å²) in [5.74, 6) is -0.199. The summed E-state index contributed by atoms with van der Waals surface area (Å²) in [5.41, 5.74) is 6.48. The Morgan fingerprint density at radius 3 is 2.30 bits per heavy atom. The number of anilines is 1. The first kappa shape index (κ1) is 19.9. The fourth-order valence-electron chi connectivity index (χ4n) is 4.25. The van der Waals surface area contributed by atoms with Crippen molar-refractivity contribution < 1.29 is 13.2 Å². The normalized spacial score (nSPS) is 15.3. The molecule has 0 saturated heterocycles. The van der Waals surface area contributed by atoms with E-state index in [-0.39, 0.29) is 5.75 Å². The maximum atomic E-state index is 12.4. The molecule has 0 aliphatic heterocycles. The number of hydrogen-bond donors (Lipinski definition) is 2. The van der Waals surface area contributed by atoms with Crippen LogP contribution in [0.1, 0.15) is 67.7 Å². The van der Waals surface area contributed by atoms with Gasteiger partial charge in [0.2, 0.25) is 10.0 Å². The molecule has 3 rings (SSSR count). The Balaban J connectivity index is 1.66. The minimum atomic E-state index is -3.73. The summed E-state index contributed by atoms with van der Waals surface area (Å²) in [4.78, 5) is 12.4. The van der Waals surface area contributed by atoms with E-state index in [1.165, 1.54) is 22.3 Å². The van der Waals surface area contributed by atoms with E-state index >= 15 is 0 Å². The Morgan fingerprint density at radius 2 is 1.70 bits per heavy atom. The van der Waals surface area contributed by atoms with E-state index in [4.69, 9.17) is 0 Å². The lowest BCUT2D eigenvalue weighted by Crippen LogP contribution is -2.36. The number of hydrogen-bond acceptors (Lipinski definition) is 3. The quantitative estimate of drug-likeness (QED) is 0.515. The molecule has 0 radical (unpaired) electrons. The lowest BCUT2D eigenvalue weighted by atomic mass is 9.99. The van der Waals surface area contributed by atoms with Gasteiger partial charge >= 0.3 is 6.03 Å². The molecule has 0 unspecified atom stereocenters. The van der Waals surface area contributed by atoms with Gasteiger partial charge in [0.25, 0.3) is 0 Å². The number of sulfonamides is 1. The number of benzene rings is 1. The summed E-state index contributed by atoms with van der Waals surface area (Å²) < 4.78 is 26.8. The van der Waals surface area contributed by atoms with Gasteiger partial charge in [-0.25, -0.2) is 17.9 Å². The van der Waals surface area contributed by atoms with Gasteiger partial charge < -0.3 is 5.32 Å². The van der Waals surface area contributed by atoms with Crippen LogP contribution in [0.25, 0.3) is 0 Å². The van der Waals surface area contributed by atoms with Crippen LogP contribution in [0, 0.1) is 0 Å². The predicted octanol–water partition coefficient (Wildman–Crippen LogP) is 4.25. The lowest BCUT2D eigenvalue weighted by Gasteiger charge is -2.17. The topological polar surface area (TPSA) is 75.3 Å². The van der Waals surface area contributed by atoms with Gasteiger partial charge in [-0.2, -0.15) is 0 Å². The minimum absolute atomic E-state index is 0.199. The third-order valence-corrected chi connectivity index (χ3v) is 6.77. The molecule has 0 aromatic heterocycles. The van der Waals surface area contributed by atoms with Gasteiger partial charge in [0.05, 0.1) is 5.75 Å². The molecule has 2 amide bonds. The van der Waals surface area contributed by atoms with Crippen LogP contribution in [-0.2, 0) is 35.7 Å². The van der Waals surface area contributed by atoms with Crippen molar-refractivity contribution in [2.24, 2.45) is 0 Å². The van der Waals surface area contributed by atoms with Gasteiger partial charge in [0.1, 0.15) is 0 Å². The maximum absolute atomic E-state index is 12.4. The van der Waals surface area contributed by atoms with Gasteiger partial charge in [-0.3, -0.25) is 0 Å². The van der Waals surface area contributed by atoms with Crippen LogP contribution < -0.4 is 10.0 Å². The second-order valence-electron chi connectivity index (χ2n) is 7.76. The van der Waals surface area contributed by atoms with E-state index in [9.17, 15) is 13.2 Å². The number of unbranched alkanes of at least 4 members (excludes halogenated alkanes) is 2. The predicted molar refractivity (Wildman–Crippen MR) is 110 cm³/mol. The van der Waals surface area contributed by atoms with E-state index in [0.717, 1.165) is 63.5 Å². The molecule has 0 saturated carbocycles. The molecule has 2 aliphatic rings. The van der Waals surface area contributed by atoms with Crippen LogP contribution in [0.4, 0.5) is 10.5 Å². The molecule has 0 bridgehead atoms. The lowest BCUT2D eigenvalue weighted by molar-refractivity contribution is 0.256. The standard InChI is InChI=1S/C21H30N2O3S/c1-3-4-5-8-15(2)14-27(25,26)23-21(24)22-20-18-11-6-9-16(18)13-17-10-7-12-19(17)20/h13H,2-12,14H2,1H3,(H2,22,23,24). The summed E-state index contributed by atoms with van der Waals surface area (Å²) in [6.07, 6.45) is 9.87. The van der Waals surface area contributed by atoms with Gasteiger partial charge in [-0.15, -0.1) is 0 Å². The number of urea groups is 1. The molecule has 2 N–H and O–H groups in total. The Bertz CT molecular complexity index is 811. The zero-order chi connectivity index (χ0) is 19.4. The molecular formula is C21H30N2O3S. The summed E-state index contributed by atoms with van der Waals surface area (Å²) in [6, 6.07) is 1.62. The van der Waals surface area contributed by atoms with E-state index in [0.29, 0.717) is 12.0 Å². The summed E-state index contributed by atoms with van der Waals surface area (Å²) in [7, 11) is -3.73. The fraction of sp³-hybridized carbons (Fsp3) is 0.571. The molecule has 0 spiro atoms. The second kappa shape index (κ2) is 8.46. The molecule has 0 fully saturated rings. The van der Waals surface area contributed by atoms with Crippen molar-refractivity contribution >= 4 is 21.7 Å². The second-order valence-corrected chi connectivity index (χ2v) is 9.48. The van der Waals surface area contributed by atoms with E-state index in [1.807, 2.05) is 0 Å². The van der Waals surface area contributed by atoms with Crippen molar-refractivity contribution in [2.45, 2.75) is 71.1 Å². The SMILES string of the molecule is C=C(CCCCC)CS(=O)(=O)NC(=O)Nc1c2c(cc3c1CCC3)CCC2. The third-order valence-electron chi connectivity index (χ3n) is 5.49. The highest BCUT2D eigenvalue weighted by Gasteiger charge is 2.26. The van der Waals surface area contributed by atoms with Crippen molar-refractivity contribution in [1.82, 2.24) is 4.72 Å². The summed E-state index contributed by atoms with van der Waals surface area (Å²) in [5, 5.41) is 2.87. The van der Waals surface area contributed by atoms with Crippen molar-refractivity contribution in [2.75, 3.05) is 11.1 Å². The van der Waals surface area contributed by atoms with Crippen molar-refractivity contribution in [3.63, 3.8) is 0 Å². The largest absolute Gasteiger partial charge is 0.332 e. The average Bonchev–Trinajstić information content (AvgIpc) is 3.22. The average molecular weight is 391 g/mol. The Morgan fingerprint density at radius 1 is 1.07 bits per heavy atom. The Kier molecular flexibility index (Phi) is 6.25. The van der Waals surface area contributed by atoms with Gasteiger partial charge in [-0.05, 0) is 73.6 Å². The molecular weight excluding hydrogens is 360 g/mol. The number of amides is 2. The molecule has 5 nitrogen and oxygen atoms in total. The summed E-state index contributed by atoms with van der Waals surface area (Å²) >= 11 is 0. The first-order valence-electron chi connectivity index (χ1n) is 10.0. The highest BCUT2D eigenvalue weighted by atomic mass is 32.2. The van der Waals surface area contributed by atoms with Crippen molar-refractivity contribution in [1.29, 1.82) is 0 Å². The third kappa shape index (κ3) is 4.92. The molecule has 1 aromatic carbocycles. The first-order chi connectivity index (χ1) is 12.9. The smallest absolute Gasteiger partial charge is 0.307 e.